The number of ketones is 2. The Morgan fingerprint density at radius 1 is 0.800 bits per heavy atom. The van der Waals surface area contributed by atoms with Gasteiger partial charge in [0.1, 0.15) is 11.5 Å². The third kappa shape index (κ3) is 3.31. The fraction of sp³-hybridized carbons (Fsp3) is 0.147. The van der Waals surface area contributed by atoms with Crippen LogP contribution in [0.25, 0.3) is 5.57 Å². The van der Waals surface area contributed by atoms with E-state index in [9.17, 15) is 14.4 Å². The number of carbonyl (C=O) groups excluding carboxylic acids is 3. The van der Waals surface area contributed by atoms with Crippen molar-refractivity contribution >= 4 is 46.0 Å². The van der Waals surface area contributed by atoms with E-state index in [0.717, 1.165) is 22.4 Å². The van der Waals surface area contributed by atoms with Crippen LogP contribution in [0.5, 0.6) is 0 Å². The first kappa shape index (κ1) is 24.6. The number of para-hydroxylation sites is 2. The standard InChI is InChI=1S/C34H25ClN2O3/c1-20-19-28-34(25-12-6-7-13-26(25)36-33(34)40)29(31(38)21-9-3-2-4-10-21)30(32(39)22-15-17-23(35)18-16-22)37(28)27-14-8-5-11-24(20)27/h2-19,28-30H,1H3,(H,36,40)/t28-,29+,30+,34-/m1/s1. The zero-order valence-corrected chi connectivity index (χ0v) is 22.4. The van der Waals surface area contributed by atoms with Crippen molar-refractivity contribution in [2.24, 2.45) is 5.92 Å². The van der Waals surface area contributed by atoms with Crippen molar-refractivity contribution in [2.75, 3.05) is 10.2 Å². The van der Waals surface area contributed by atoms with Crippen LogP contribution in [0.2, 0.25) is 5.02 Å². The SMILES string of the molecule is CC1=C[C@H]2N(c3ccccc31)[C@H](C(=O)c1ccc(Cl)cc1)[C@@H](C(=O)c1ccccc1)[C@]21C(=O)Nc2ccccc21. The van der Waals surface area contributed by atoms with Gasteiger partial charge in [-0.25, -0.2) is 0 Å². The van der Waals surface area contributed by atoms with E-state index in [4.69, 9.17) is 11.6 Å². The molecule has 0 unspecified atom stereocenters. The van der Waals surface area contributed by atoms with Crippen molar-refractivity contribution in [3.05, 3.63) is 136 Å². The summed E-state index contributed by atoms with van der Waals surface area (Å²) in [6.07, 6.45) is 2.06. The predicted molar refractivity (Wildman–Crippen MR) is 157 cm³/mol. The van der Waals surface area contributed by atoms with Crippen LogP contribution in [0.15, 0.2) is 109 Å². The Balaban J connectivity index is 1.56. The minimum Gasteiger partial charge on any atom is -0.352 e. The molecule has 0 saturated carbocycles. The van der Waals surface area contributed by atoms with Crippen LogP contribution in [0.1, 0.15) is 38.8 Å². The van der Waals surface area contributed by atoms with E-state index in [1.54, 1.807) is 48.5 Å². The Morgan fingerprint density at radius 3 is 2.23 bits per heavy atom. The van der Waals surface area contributed by atoms with E-state index < -0.39 is 23.4 Å². The van der Waals surface area contributed by atoms with E-state index in [2.05, 4.69) is 11.4 Å². The number of rotatable bonds is 4. The van der Waals surface area contributed by atoms with E-state index in [0.29, 0.717) is 21.8 Å². The number of amides is 1. The number of benzene rings is 4. The summed E-state index contributed by atoms with van der Waals surface area (Å²) in [6.45, 7) is 2.02. The molecule has 1 spiro atoms. The summed E-state index contributed by atoms with van der Waals surface area (Å²) < 4.78 is 0. The molecule has 3 aliphatic heterocycles. The number of fused-ring (bicyclic) bond motifs is 6. The molecule has 3 heterocycles. The molecule has 0 radical (unpaired) electrons. The van der Waals surface area contributed by atoms with Gasteiger partial charge in [0.15, 0.2) is 11.6 Å². The maximum Gasteiger partial charge on any atom is 0.238 e. The summed E-state index contributed by atoms with van der Waals surface area (Å²) in [5, 5.41) is 3.58. The third-order valence-electron chi connectivity index (χ3n) is 8.62. The van der Waals surface area contributed by atoms with E-state index in [1.165, 1.54) is 0 Å². The van der Waals surface area contributed by atoms with Gasteiger partial charge in [-0.15, -0.1) is 0 Å². The van der Waals surface area contributed by atoms with Gasteiger partial charge in [0.05, 0.1) is 12.0 Å². The van der Waals surface area contributed by atoms with Gasteiger partial charge in [-0.3, -0.25) is 14.4 Å². The molecule has 40 heavy (non-hydrogen) atoms. The predicted octanol–water partition coefficient (Wildman–Crippen LogP) is 6.59. The molecule has 4 aromatic carbocycles. The second-order valence-corrected chi connectivity index (χ2v) is 11.0. The topological polar surface area (TPSA) is 66.5 Å². The molecule has 0 bridgehead atoms. The Morgan fingerprint density at radius 2 is 1.45 bits per heavy atom. The summed E-state index contributed by atoms with van der Waals surface area (Å²) in [5.74, 6) is -1.74. The second-order valence-electron chi connectivity index (χ2n) is 10.6. The van der Waals surface area contributed by atoms with Crippen LogP contribution in [-0.2, 0) is 10.2 Å². The molecule has 3 aliphatic rings. The first-order chi connectivity index (χ1) is 19.4. The quantitative estimate of drug-likeness (QED) is 0.294. The highest BCUT2D eigenvalue weighted by Crippen LogP contribution is 2.58. The smallest absolute Gasteiger partial charge is 0.238 e. The highest BCUT2D eigenvalue weighted by atomic mass is 35.5. The summed E-state index contributed by atoms with van der Waals surface area (Å²) in [5.41, 5.74) is 3.78. The van der Waals surface area contributed by atoms with Crippen molar-refractivity contribution in [2.45, 2.75) is 24.4 Å². The molecule has 0 aromatic heterocycles. The van der Waals surface area contributed by atoms with Crippen LogP contribution in [0, 0.1) is 5.92 Å². The van der Waals surface area contributed by atoms with Crippen LogP contribution in [0.4, 0.5) is 11.4 Å². The Bertz CT molecular complexity index is 1730. The van der Waals surface area contributed by atoms with Gasteiger partial charge >= 0.3 is 0 Å². The lowest BCUT2D eigenvalue weighted by atomic mass is 9.64. The normalized spacial score (nSPS) is 24.1. The molecule has 4 aromatic rings. The van der Waals surface area contributed by atoms with E-state index >= 15 is 0 Å². The van der Waals surface area contributed by atoms with Gasteiger partial charge in [0, 0.05) is 33.1 Å². The first-order valence-corrected chi connectivity index (χ1v) is 13.7. The molecule has 196 valence electrons. The molecule has 1 N–H and O–H groups in total. The number of nitrogens with zero attached hydrogens (tertiary/aromatic N) is 1. The number of hydrogen-bond acceptors (Lipinski definition) is 4. The maximum atomic E-state index is 14.7. The van der Waals surface area contributed by atoms with Crippen molar-refractivity contribution in [1.82, 2.24) is 0 Å². The number of carbonyl (C=O) groups is 3. The molecule has 1 amide bonds. The number of halogens is 1. The summed E-state index contributed by atoms with van der Waals surface area (Å²) in [7, 11) is 0. The van der Waals surface area contributed by atoms with Gasteiger partial charge in [0.25, 0.3) is 0 Å². The Labute approximate surface area is 237 Å². The van der Waals surface area contributed by atoms with Crippen LogP contribution < -0.4 is 10.2 Å². The number of anilines is 2. The van der Waals surface area contributed by atoms with Crippen molar-refractivity contribution < 1.29 is 14.4 Å². The molecule has 1 fully saturated rings. The molecular weight excluding hydrogens is 520 g/mol. The van der Waals surface area contributed by atoms with Gasteiger partial charge in [0.2, 0.25) is 5.91 Å². The molecule has 6 heteroatoms. The van der Waals surface area contributed by atoms with Gasteiger partial charge in [-0.1, -0.05) is 84.4 Å². The van der Waals surface area contributed by atoms with Crippen molar-refractivity contribution in [1.29, 1.82) is 0 Å². The maximum absolute atomic E-state index is 14.7. The van der Waals surface area contributed by atoms with Gasteiger partial charge in [-0.2, -0.15) is 0 Å². The number of Topliss-reactive ketones (excluding diaryl/α,β-unsaturated/α-hetero) is 2. The highest BCUT2D eigenvalue weighted by Gasteiger charge is 2.70. The number of allylic oxidation sites excluding steroid dienone is 1. The second kappa shape index (κ2) is 9.04. The first-order valence-electron chi connectivity index (χ1n) is 13.3. The molecular formula is C34H25ClN2O3. The molecule has 0 aliphatic carbocycles. The van der Waals surface area contributed by atoms with Crippen LogP contribution in [-0.4, -0.2) is 29.6 Å². The molecule has 4 atom stereocenters. The summed E-state index contributed by atoms with van der Waals surface area (Å²) in [4.78, 5) is 45.7. The minimum absolute atomic E-state index is 0.229. The monoisotopic (exact) mass is 544 g/mol. The third-order valence-corrected chi connectivity index (χ3v) is 8.87. The fourth-order valence-electron chi connectivity index (χ4n) is 6.95. The zero-order chi connectivity index (χ0) is 27.6. The minimum atomic E-state index is -1.33. The Hall–Kier alpha value is -4.48. The Kier molecular flexibility index (Phi) is 5.55. The number of nitrogens with one attached hydrogen (secondary N) is 1. The average Bonchev–Trinajstić information content (AvgIpc) is 3.45. The lowest BCUT2D eigenvalue weighted by Gasteiger charge is -2.39. The molecule has 1 saturated heterocycles. The van der Waals surface area contributed by atoms with Crippen molar-refractivity contribution in [3.8, 4) is 0 Å². The summed E-state index contributed by atoms with van der Waals surface area (Å²) >= 11 is 6.17. The van der Waals surface area contributed by atoms with E-state index in [-0.39, 0.29) is 17.5 Å². The van der Waals surface area contributed by atoms with E-state index in [1.807, 2.05) is 66.4 Å². The lowest BCUT2D eigenvalue weighted by molar-refractivity contribution is -0.121. The van der Waals surface area contributed by atoms with Gasteiger partial charge < -0.3 is 10.2 Å². The van der Waals surface area contributed by atoms with Crippen LogP contribution in [0.3, 0.4) is 0 Å². The average molecular weight is 545 g/mol. The zero-order valence-electron chi connectivity index (χ0n) is 21.7. The van der Waals surface area contributed by atoms with Crippen LogP contribution >= 0.6 is 11.6 Å². The largest absolute Gasteiger partial charge is 0.352 e. The van der Waals surface area contributed by atoms with Crippen molar-refractivity contribution in [3.63, 3.8) is 0 Å². The summed E-state index contributed by atoms with van der Waals surface area (Å²) in [6, 6.07) is 29.6. The molecule has 7 rings (SSSR count). The molecule has 5 nitrogen and oxygen atoms in total. The number of hydrogen-bond donors (Lipinski definition) is 1. The van der Waals surface area contributed by atoms with Gasteiger partial charge in [-0.05, 0) is 54.5 Å². The fourth-order valence-corrected chi connectivity index (χ4v) is 7.08. The highest BCUT2D eigenvalue weighted by molar-refractivity contribution is 6.30. The lowest BCUT2D eigenvalue weighted by Crippen LogP contribution is -2.51.